The van der Waals surface area contributed by atoms with Crippen LogP contribution in [0.2, 0.25) is 0 Å². The smallest absolute Gasteiger partial charge is 0.272 e. The lowest BCUT2D eigenvalue weighted by Gasteiger charge is -2.40. The zero-order chi connectivity index (χ0) is 22.4. The number of likely N-dealkylation sites (N-methyl/N-ethyl adjacent to an activating group) is 1. The van der Waals surface area contributed by atoms with Crippen molar-refractivity contribution in [2.24, 2.45) is 13.0 Å². The number of amides is 2. The van der Waals surface area contributed by atoms with Crippen molar-refractivity contribution in [1.29, 1.82) is 0 Å². The number of carbonyl (C=O) groups is 2. The van der Waals surface area contributed by atoms with E-state index in [1.807, 2.05) is 23.1 Å². The molecule has 168 valence electrons. The summed E-state index contributed by atoms with van der Waals surface area (Å²) in [7, 11) is 3.65. The lowest BCUT2D eigenvalue weighted by atomic mass is 9.84. The normalized spacial score (nSPS) is 15.7. The Morgan fingerprint density at radius 2 is 1.90 bits per heavy atom. The molecule has 1 unspecified atom stereocenters. The first-order chi connectivity index (χ1) is 14.9. The minimum atomic E-state index is -0.258. The third-order valence-electron chi connectivity index (χ3n) is 6.18. The zero-order valence-corrected chi connectivity index (χ0v) is 19.3. The van der Waals surface area contributed by atoms with Crippen molar-refractivity contribution in [2.75, 3.05) is 32.1 Å². The van der Waals surface area contributed by atoms with Crippen LogP contribution in [0.25, 0.3) is 0 Å². The number of piperidine rings is 1. The number of halogens is 1. The van der Waals surface area contributed by atoms with Gasteiger partial charge in [0.1, 0.15) is 11.5 Å². The minimum Gasteiger partial charge on any atom is -0.342 e. The van der Waals surface area contributed by atoms with Gasteiger partial charge in [-0.2, -0.15) is 16.9 Å². The first-order valence-corrected chi connectivity index (χ1v) is 12.1. The second kappa shape index (κ2) is 10.8. The summed E-state index contributed by atoms with van der Waals surface area (Å²) < 4.78 is 15.0. The van der Waals surface area contributed by atoms with Crippen LogP contribution in [0.4, 0.5) is 4.39 Å². The van der Waals surface area contributed by atoms with Crippen molar-refractivity contribution < 1.29 is 14.0 Å². The van der Waals surface area contributed by atoms with Gasteiger partial charge in [-0.05, 0) is 55.2 Å². The summed E-state index contributed by atoms with van der Waals surface area (Å²) >= 11 is 1.66. The molecule has 0 spiro atoms. The Hall–Kier alpha value is -2.35. The summed E-state index contributed by atoms with van der Waals surface area (Å²) in [5.74, 6) is 0.952. The standard InChI is InChI=1S/C23H31FN4O2S/c1-26(22(29)11-15-31-3)21(16-17-4-6-19(24)7-5-17)18-9-13-28(14-10-18)23(30)20-8-12-25-27(20)2/h4-8,12,18,21H,9-11,13-16H2,1-3H3. The highest BCUT2D eigenvalue weighted by Gasteiger charge is 2.33. The number of benzene rings is 1. The van der Waals surface area contributed by atoms with Gasteiger partial charge in [-0.3, -0.25) is 14.3 Å². The highest BCUT2D eigenvalue weighted by molar-refractivity contribution is 7.98. The number of aryl methyl sites for hydroxylation is 1. The molecule has 1 aromatic heterocycles. The predicted octanol–water partition coefficient (Wildman–Crippen LogP) is 3.23. The van der Waals surface area contributed by atoms with Gasteiger partial charge >= 0.3 is 0 Å². The summed E-state index contributed by atoms with van der Waals surface area (Å²) in [5, 5.41) is 4.09. The summed E-state index contributed by atoms with van der Waals surface area (Å²) in [4.78, 5) is 29.3. The molecule has 2 aromatic rings. The fourth-order valence-electron chi connectivity index (χ4n) is 4.27. The SMILES string of the molecule is CSCCC(=O)N(C)C(Cc1ccc(F)cc1)C1CCN(C(=O)c2ccnn2C)CC1. The third-order valence-corrected chi connectivity index (χ3v) is 6.79. The topological polar surface area (TPSA) is 58.4 Å². The molecule has 1 atom stereocenters. The first kappa shape index (κ1) is 23.3. The quantitative estimate of drug-likeness (QED) is 0.625. The molecule has 1 aromatic carbocycles. The van der Waals surface area contributed by atoms with E-state index < -0.39 is 0 Å². The monoisotopic (exact) mass is 446 g/mol. The number of carbonyl (C=O) groups excluding carboxylic acids is 2. The van der Waals surface area contributed by atoms with E-state index in [0.29, 0.717) is 31.6 Å². The Kier molecular flexibility index (Phi) is 8.12. The number of aromatic nitrogens is 2. The van der Waals surface area contributed by atoms with Gasteiger partial charge in [0.25, 0.3) is 5.91 Å². The molecule has 0 saturated carbocycles. The van der Waals surface area contributed by atoms with Crippen LogP contribution in [0.1, 0.15) is 35.3 Å². The van der Waals surface area contributed by atoms with Crippen molar-refractivity contribution in [3.63, 3.8) is 0 Å². The summed E-state index contributed by atoms with van der Waals surface area (Å²) in [6.45, 7) is 1.31. The molecule has 3 rings (SSSR count). The fourth-order valence-corrected chi connectivity index (χ4v) is 4.64. The predicted molar refractivity (Wildman–Crippen MR) is 121 cm³/mol. The first-order valence-electron chi connectivity index (χ1n) is 10.7. The van der Waals surface area contributed by atoms with Crippen LogP contribution >= 0.6 is 11.8 Å². The lowest BCUT2D eigenvalue weighted by molar-refractivity contribution is -0.133. The highest BCUT2D eigenvalue weighted by atomic mass is 32.2. The van der Waals surface area contributed by atoms with E-state index in [1.54, 1.807) is 47.9 Å². The van der Waals surface area contributed by atoms with Gasteiger partial charge in [0.05, 0.1) is 0 Å². The van der Waals surface area contributed by atoms with Gasteiger partial charge in [0.2, 0.25) is 5.91 Å². The molecule has 1 aliphatic heterocycles. The second-order valence-electron chi connectivity index (χ2n) is 8.12. The second-order valence-corrected chi connectivity index (χ2v) is 9.10. The molecule has 2 heterocycles. The van der Waals surface area contributed by atoms with Crippen molar-refractivity contribution in [2.45, 2.75) is 31.7 Å². The van der Waals surface area contributed by atoms with Crippen LogP contribution < -0.4 is 0 Å². The molecule has 1 aliphatic rings. The number of nitrogens with zero attached hydrogens (tertiary/aromatic N) is 4. The average Bonchev–Trinajstić information content (AvgIpc) is 3.22. The Labute approximate surface area is 187 Å². The Morgan fingerprint density at radius 3 is 2.48 bits per heavy atom. The Morgan fingerprint density at radius 1 is 1.23 bits per heavy atom. The maximum Gasteiger partial charge on any atom is 0.272 e. The van der Waals surface area contributed by atoms with Crippen molar-refractivity contribution in [1.82, 2.24) is 19.6 Å². The molecular weight excluding hydrogens is 415 g/mol. The van der Waals surface area contributed by atoms with Crippen LogP contribution in [-0.2, 0) is 18.3 Å². The molecule has 31 heavy (non-hydrogen) atoms. The molecule has 0 aliphatic carbocycles. The van der Waals surface area contributed by atoms with Crippen LogP contribution in [0.3, 0.4) is 0 Å². The molecule has 6 nitrogen and oxygen atoms in total. The zero-order valence-electron chi connectivity index (χ0n) is 18.5. The van der Waals surface area contributed by atoms with E-state index in [4.69, 9.17) is 0 Å². The maximum atomic E-state index is 13.4. The molecular formula is C23H31FN4O2S. The molecule has 0 bridgehead atoms. The van der Waals surface area contributed by atoms with Crippen molar-refractivity contribution >= 4 is 23.6 Å². The number of likely N-dealkylation sites (tertiary alicyclic amines) is 1. The number of hydrogen-bond acceptors (Lipinski definition) is 4. The van der Waals surface area contributed by atoms with Crippen molar-refractivity contribution in [3.05, 3.63) is 53.6 Å². The largest absolute Gasteiger partial charge is 0.342 e. The van der Waals surface area contributed by atoms with Gasteiger partial charge in [0.15, 0.2) is 0 Å². The molecule has 1 fully saturated rings. The minimum absolute atomic E-state index is 0.00191. The van der Waals surface area contributed by atoms with Gasteiger partial charge in [-0.25, -0.2) is 4.39 Å². The van der Waals surface area contributed by atoms with E-state index >= 15 is 0 Å². The molecule has 8 heteroatoms. The van der Waals surface area contributed by atoms with Crippen LogP contribution in [0, 0.1) is 11.7 Å². The van der Waals surface area contributed by atoms with E-state index in [0.717, 1.165) is 24.2 Å². The van der Waals surface area contributed by atoms with Gasteiger partial charge in [-0.1, -0.05) is 12.1 Å². The summed E-state index contributed by atoms with van der Waals surface area (Å²) in [6.07, 6.45) is 6.48. The van der Waals surface area contributed by atoms with Gasteiger partial charge < -0.3 is 9.80 Å². The third kappa shape index (κ3) is 5.87. The van der Waals surface area contributed by atoms with Gasteiger partial charge in [-0.15, -0.1) is 0 Å². The highest BCUT2D eigenvalue weighted by Crippen LogP contribution is 2.28. The molecule has 2 amide bonds. The molecule has 1 saturated heterocycles. The molecule has 0 N–H and O–H groups in total. The lowest BCUT2D eigenvalue weighted by Crippen LogP contribution is -2.48. The van der Waals surface area contributed by atoms with Crippen molar-refractivity contribution in [3.8, 4) is 0 Å². The Balaban J connectivity index is 1.70. The summed E-state index contributed by atoms with van der Waals surface area (Å²) in [6, 6.07) is 8.29. The summed E-state index contributed by atoms with van der Waals surface area (Å²) in [5.41, 5.74) is 1.61. The molecule has 0 radical (unpaired) electrons. The van der Waals surface area contributed by atoms with Gasteiger partial charge in [0, 0.05) is 51.6 Å². The number of thioether (sulfide) groups is 1. The van der Waals surface area contributed by atoms with Crippen LogP contribution in [0.5, 0.6) is 0 Å². The van der Waals surface area contributed by atoms with E-state index in [1.165, 1.54) is 12.1 Å². The van der Waals surface area contributed by atoms with E-state index in [-0.39, 0.29) is 29.6 Å². The Bertz CT molecular complexity index is 878. The maximum absolute atomic E-state index is 13.4. The number of rotatable bonds is 8. The average molecular weight is 447 g/mol. The number of hydrogen-bond donors (Lipinski definition) is 0. The fraction of sp³-hybridized carbons (Fsp3) is 0.522. The van der Waals surface area contributed by atoms with Crippen LogP contribution in [0.15, 0.2) is 36.5 Å². The van der Waals surface area contributed by atoms with E-state index in [9.17, 15) is 14.0 Å². The van der Waals surface area contributed by atoms with Crippen LogP contribution in [-0.4, -0.2) is 69.6 Å². The van der Waals surface area contributed by atoms with E-state index in [2.05, 4.69) is 5.10 Å².